The predicted molar refractivity (Wildman–Crippen MR) is 120 cm³/mol. The van der Waals surface area contributed by atoms with Crippen molar-refractivity contribution in [3.05, 3.63) is 59.7 Å². The van der Waals surface area contributed by atoms with Gasteiger partial charge < -0.3 is 20.9 Å². The first-order valence-corrected chi connectivity index (χ1v) is 10.2. The van der Waals surface area contributed by atoms with Crippen molar-refractivity contribution in [1.82, 2.24) is 10.2 Å². The summed E-state index contributed by atoms with van der Waals surface area (Å²) in [6, 6.07) is 13.9. The van der Waals surface area contributed by atoms with E-state index in [4.69, 9.17) is 0 Å². The Labute approximate surface area is 177 Å². The predicted octanol–water partition coefficient (Wildman–Crippen LogP) is 3.36. The molecule has 30 heavy (non-hydrogen) atoms. The first-order chi connectivity index (χ1) is 14.5. The number of hydrogen-bond acceptors (Lipinski definition) is 4. The Morgan fingerprint density at radius 1 is 0.867 bits per heavy atom. The van der Waals surface area contributed by atoms with Gasteiger partial charge in [0, 0.05) is 42.6 Å². The van der Waals surface area contributed by atoms with Gasteiger partial charge in [-0.25, -0.2) is 0 Å². The number of amides is 3. The van der Waals surface area contributed by atoms with Crippen molar-refractivity contribution in [2.75, 3.05) is 37.3 Å². The lowest BCUT2D eigenvalue weighted by atomic mass is 10.1. The molecule has 0 bridgehead atoms. The fourth-order valence-electron chi connectivity index (χ4n) is 3.04. The molecular formula is C23H30N4O3. The van der Waals surface area contributed by atoms with E-state index in [1.54, 1.807) is 55.6 Å². The minimum absolute atomic E-state index is 0.0268. The van der Waals surface area contributed by atoms with Crippen molar-refractivity contribution in [2.24, 2.45) is 0 Å². The lowest BCUT2D eigenvalue weighted by Gasteiger charge is -2.21. The molecule has 2 rings (SSSR count). The van der Waals surface area contributed by atoms with Gasteiger partial charge in [-0.2, -0.15) is 0 Å². The highest BCUT2D eigenvalue weighted by atomic mass is 16.2. The van der Waals surface area contributed by atoms with Crippen LogP contribution in [0.15, 0.2) is 48.5 Å². The average Bonchev–Trinajstić information content (AvgIpc) is 2.77. The van der Waals surface area contributed by atoms with Gasteiger partial charge in [0.1, 0.15) is 0 Å². The normalized spacial score (nSPS) is 10.2. The monoisotopic (exact) mass is 410 g/mol. The van der Waals surface area contributed by atoms with Crippen LogP contribution in [0.5, 0.6) is 0 Å². The third-order valence-corrected chi connectivity index (χ3v) is 4.49. The first kappa shape index (κ1) is 22.9. The van der Waals surface area contributed by atoms with Crippen LogP contribution in [0.25, 0.3) is 0 Å². The second-order valence-electron chi connectivity index (χ2n) is 6.93. The van der Waals surface area contributed by atoms with E-state index in [1.165, 1.54) is 0 Å². The first-order valence-electron chi connectivity index (χ1n) is 10.2. The summed E-state index contributed by atoms with van der Waals surface area (Å²) < 4.78 is 0. The summed E-state index contributed by atoms with van der Waals surface area (Å²) >= 11 is 0. The average molecular weight is 411 g/mol. The molecular weight excluding hydrogens is 380 g/mol. The van der Waals surface area contributed by atoms with E-state index >= 15 is 0 Å². The molecule has 3 N–H and O–H groups in total. The summed E-state index contributed by atoms with van der Waals surface area (Å²) in [5.74, 6) is -0.421. The van der Waals surface area contributed by atoms with Gasteiger partial charge in [-0.15, -0.1) is 0 Å². The van der Waals surface area contributed by atoms with Crippen molar-refractivity contribution in [2.45, 2.75) is 26.7 Å². The van der Waals surface area contributed by atoms with Crippen LogP contribution in [-0.2, 0) is 4.79 Å². The van der Waals surface area contributed by atoms with E-state index < -0.39 is 0 Å². The zero-order valence-electron chi connectivity index (χ0n) is 17.8. The second kappa shape index (κ2) is 11.6. The Kier molecular flexibility index (Phi) is 8.87. The molecule has 0 saturated heterocycles. The molecule has 0 aliphatic carbocycles. The largest absolute Gasteiger partial charge is 0.376 e. The molecule has 0 heterocycles. The number of carbonyl (C=O) groups excluding carboxylic acids is 3. The fourth-order valence-corrected chi connectivity index (χ4v) is 3.04. The highest BCUT2D eigenvalue weighted by Crippen LogP contribution is 2.13. The number of anilines is 2. The topological polar surface area (TPSA) is 90.5 Å². The Hall–Kier alpha value is -3.35. The fraction of sp³-hybridized carbons (Fsp3) is 0.348. The van der Waals surface area contributed by atoms with E-state index in [-0.39, 0.29) is 24.3 Å². The molecule has 2 aromatic carbocycles. The van der Waals surface area contributed by atoms with Gasteiger partial charge in [0.2, 0.25) is 5.91 Å². The number of nitrogens with zero attached hydrogens (tertiary/aromatic N) is 1. The Morgan fingerprint density at radius 3 is 2.13 bits per heavy atom. The number of nitrogens with one attached hydrogen (secondary N) is 3. The van der Waals surface area contributed by atoms with Crippen LogP contribution < -0.4 is 16.0 Å². The van der Waals surface area contributed by atoms with Crippen LogP contribution >= 0.6 is 0 Å². The van der Waals surface area contributed by atoms with Crippen molar-refractivity contribution >= 4 is 29.1 Å². The van der Waals surface area contributed by atoms with Crippen molar-refractivity contribution in [3.63, 3.8) is 0 Å². The van der Waals surface area contributed by atoms with Crippen LogP contribution in [-0.4, -0.2) is 49.3 Å². The van der Waals surface area contributed by atoms with Gasteiger partial charge in [-0.05, 0) is 55.3 Å². The summed E-state index contributed by atoms with van der Waals surface area (Å²) in [5.41, 5.74) is 2.41. The minimum atomic E-state index is -0.235. The standard InChI is InChI=1S/C23H30N4O3/c1-4-13-27(14-5-2)23(30)17-9-11-19(12-10-17)25-16-21(28)26-20-8-6-7-18(15-20)22(29)24-3/h6-12,15,25H,4-5,13-14,16H2,1-3H3,(H,24,29)(H,26,28). The molecule has 0 aliphatic rings. The molecule has 0 spiro atoms. The van der Waals surface area contributed by atoms with Gasteiger partial charge >= 0.3 is 0 Å². The van der Waals surface area contributed by atoms with E-state index in [2.05, 4.69) is 29.8 Å². The summed E-state index contributed by atoms with van der Waals surface area (Å²) in [6.07, 6.45) is 1.85. The second-order valence-corrected chi connectivity index (χ2v) is 6.93. The number of benzene rings is 2. The summed E-state index contributed by atoms with van der Waals surface area (Å²) in [7, 11) is 1.56. The van der Waals surface area contributed by atoms with Crippen LogP contribution in [0, 0.1) is 0 Å². The molecule has 0 atom stereocenters. The van der Waals surface area contributed by atoms with Crippen molar-refractivity contribution in [3.8, 4) is 0 Å². The lowest BCUT2D eigenvalue weighted by Crippen LogP contribution is -2.32. The van der Waals surface area contributed by atoms with E-state index in [0.29, 0.717) is 16.8 Å². The Morgan fingerprint density at radius 2 is 1.53 bits per heavy atom. The maximum Gasteiger partial charge on any atom is 0.253 e. The highest BCUT2D eigenvalue weighted by Gasteiger charge is 2.14. The zero-order valence-corrected chi connectivity index (χ0v) is 17.8. The van der Waals surface area contributed by atoms with Gasteiger partial charge in [-0.3, -0.25) is 14.4 Å². The van der Waals surface area contributed by atoms with Crippen LogP contribution in [0.4, 0.5) is 11.4 Å². The molecule has 0 fully saturated rings. The van der Waals surface area contributed by atoms with E-state index in [1.807, 2.05) is 4.90 Å². The third-order valence-electron chi connectivity index (χ3n) is 4.49. The van der Waals surface area contributed by atoms with Crippen LogP contribution in [0.1, 0.15) is 47.4 Å². The molecule has 7 heteroatoms. The maximum atomic E-state index is 12.6. The summed E-state index contributed by atoms with van der Waals surface area (Å²) in [6.45, 7) is 5.67. The molecule has 3 amide bonds. The van der Waals surface area contributed by atoms with Gasteiger partial charge in [0.05, 0.1) is 6.54 Å². The Balaban J connectivity index is 1.91. The molecule has 0 aliphatic heterocycles. The van der Waals surface area contributed by atoms with Crippen molar-refractivity contribution < 1.29 is 14.4 Å². The lowest BCUT2D eigenvalue weighted by molar-refractivity contribution is -0.114. The molecule has 7 nitrogen and oxygen atoms in total. The summed E-state index contributed by atoms with van der Waals surface area (Å²) in [4.78, 5) is 38.4. The van der Waals surface area contributed by atoms with Gasteiger partial charge in [0.25, 0.3) is 11.8 Å². The van der Waals surface area contributed by atoms with E-state index in [9.17, 15) is 14.4 Å². The third kappa shape index (κ3) is 6.62. The molecule has 2 aromatic rings. The highest BCUT2D eigenvalue weighted by molar-refractivity contribution is 5.98. The van der Waals surface area contributed by atoms with E-state index in [0.717, 1.165) is 31.6 Å². The van der Waals surface area contributed by atoms with Gasteiger partial charge in [0.15, 0.2) is 0 Å². The van der Waals surface area contributed by atoms with Gasteiger partial charge in [-0.1, -0.05) is 19.9 Å². The maximum absolute atomic E-state index is 12.6. The summed E-state index contributed by atoms with van der Waals surface area (Å²) in [5, 5.41) is 8.36. The molecule has 0 unspecified atom stereocenters. The number of carbonyl (C=O) groups is 3. The van der Waals surface area contributed by atoms with Crippen LogP contribution in [0.3, 0.4) is 0 Å². The molecule has 0 saturated carbocycles. The zero-order chi connectivity index (χ0) is 21.9. The smallest absolute Gasteiger partial charge is 0.253 e. The molecule has 0 radical (unpaired) electrons. The Bertz CT molecular complexity index is 859. The van der Waals surface area contributed by atoms with Crippen LogP contribution in [0.2, 0.25) is 0 Å². The number of rotatable bonds is 10. The minimum Gasteiger partial charge on any atom is -0.376 e. The number of hydrogen-bond donors (Lipinski definition) is 3. The molecule has 160 valence electrons. The molecule has 0 aromatic heterocycles. The van der Waals surface area contributed by atoms with Crippen molar-refractivity contribution in [1.29, 1.82) is 0 Å². The quantitative estimate of drug-likeness (QED) is 0.560. The SMILES string of the molecule is CCCN(CCC)C(=O)c1ccc(NCC(=O)Nc2cccc(C(=O)NC)c2)cc1.